The molecule has 1 N–H and O–H groups in total. The van der Waals surface area contributed by atoms with Crippen molar-refractivity contribution in [3.63, 3.8) is 0 Å². The van der Waals surface area contributed by atoms with Gasteiger partial charge in [0.05, 0.1) is 12.6 Å². The normalized spacial score (nSPS) is 23.8. The third kappa shape index (κ3) is 2.57. The highest BCUT2D eigenvalue weighted by molar-refractivity contribution is 5.51. The summed E-state index contributed by atoms with van der Waals surface area (Å²) < 4.78 is 0. The molecule has 0 aromatic heterocycles. The fourth-order valence-corrected chi connectivity index (χ4v) is 1.72. The van der Waals surface area contributed by atoms with Crippen molar-refractivity contribution in [2.45, 2.75) is 25.9 Å². The number of piperidine rings is 1. The zero-order chi connectivity index (χ0) is 8.97. The second kappa shape index (κ2) is 4.58. The molecule has 0 aliphatic carbocycles. The van der Waals surface area contributed by atoms with Crippen molar-refractivity contribution in [1.29, 1.82) is 0 Å². The Morgan fingerprint density at radius 3 is 2.58 bits per heavy atom. The van der Waals surface area contributed by atoms with Gasteiger partial charge in [-0.1, -0.05) is 0 Å². The molecule has 1 rings (SSSR count). The lowest BCUT2D eigenvalue weighted by Crippen LogP contribution is -2.37. The van der Waals surface area contributed by atoms with E-state index < -0.39 is 0 Å². The van der Waals surface area contributed by atoms with Gasteiger partial charge in [-0.3, -0.25) is 4.90 Å². The maximum Gasteiger partial charge on any atom is 0.133 e. The molecule has 0 amide bonds. The predicted octanol–water partition coefficient (Wildman–Crippen LogP) is 0.278. The Hall–Kier alpha value is -0.410. The fraction of sp³-hybridized carbons (Fsp3) is 0.889. The Kier molecular flexibility index (Phi) is 3.69. The van der Waals surface area contributed by atoms with Crippen LogP contribution in [-0.4, -0.2) is 42.0 Å². The van der Waals surface area contributed by atoms with Crippen LogP contribution in [0.1, 0.15) is 19.8 Å². The quantitative estimate of drug-likeness (QED) is 0.620. The number of hydrogen-bond acceptors (Lipinski definition) is 3. The van der Waals surface area contributed by atoms with E-state index in [0.29, 0.717) is 12.5 Å². The summed E-state index contributed by atoms with van der Waals surface area (Å²) >= 11 is 0. The summed E-state index contributed by atoms with van der Waals surface area (Å²) in [6.07, 6.45) is 2.79. The number of nitrogens with zero attached hydrogens (tertiary/aromatic N) is 1. The van der Waals surface area contributed by atoms with Crippen LogP contribution >= 0.6 is 0 Å². The van der Waals surface area contributed by atoms with Gasteiger partial charge in [-0.2, -0.15) is 0 Å². The van der Waals surface area contributed by atoms with E-state index in [4.69, 9.17) is 0 Å². The van der Waals surface area contributed by atoms with Crippen LogP contribution in [0.2, 0.25) is 0 Å². The van der Waals surface area contributed by atoms with Gasteiger partial charge >= 0.3 is 0 Å². The first-order chi connectivity index (χ1) is 5.74. The predicted molar refractivity (Wildman–Crippen MR) is 46.9 cm³/mol. The highest BCUT2D eigenvalue weighted by Gasteiger charge is 2.21. The lowest BCUT2D eigenvalue weighted by molar-refractivity contribution is -0.109. The van der Waals surface area contributed by atoms with E-state index in [0.717, 1.165) is 32.2 Å². The average molecular weight is 171 g/mol. The molecule has 12 heavy (non-hydrogen) atoms. The topological polar surface area (TPSA) is 40.5 Å². The number of carbonyl (C=O) groups is 1. The molecule has 1 atom stereocenters. The maximum absolute atomic E-state index is 10.2. The van der Waals surface area contributed by atoms with Crippen molar-refractivity contribution in [3.8, 4) is 0 Å². The Labute approximate surface area is 73.4 Å². The van der Waals surface area contributed by atoms with Gasteiger partial charge in [0.15, 0.2) is 0 Å². The van der Waals surface area contributed by atoms with Gasteiger partial charge in [-0.15, -0.1) is 0 Å². The van der Waals surface area contributed by atoms with Crippen molar-refractivity contribution in [1.82, 2.24) is 4.90 Å². The Bertz CT molecular complexity index is 139. The first-order valence-corrected chi connectivity index (χ1v) is 4.58. The smallest absolute Gasteiger partial charge is 0.133 e. The summed E-state index contributed by atoms with van der Waals surface area (Å²) in [4.78, 5) is 12.3. The molecule has 0 saturated carbocycles. The van der Waals surface area contributed by atoms with E-state index in [2.05, 4.69) is 4.90 Å². The number of aldehydes is 1. The molecule has 3 heteroatoms. The molecule has 0 spiro atoms. The highest BCUT2D eigenvalue weighted by Crippen LogP contribution is 2.19. The molecule has 70 valence electrons. The minimum atomic E-state index is -0.191. The summed E-state index contributed by atoms with van der Waals surface area (Å²) in [6, 6.07) is 0. The zero-order valence-electron chi connectivity index (χ0n) is 7.57. The molecule has 1 aliphatic rings. The third-order valence-corrected chi connectivity index (χ3v) is 2.65. The molecule has 0 aromatic carbocycles. The number of likely N-dealkylation sites (tertiary alicyclic amines) is 1. The van der Waals surface area contributed by atoms with Crippen molar-refractivity contribution >= 4 is 6.29 Å². The summed E-state index contributed by atoms with van der Waals surface area (Å²) in [5.74, 6) is 0.438. The summed E-state index contributed by atoms with van der Waals surface area (Å²) in [5, 5.41) is 9.31. The first-order valence-electron chi connectivity index (χ1n) is 4.58. The summed E-state index contributed by atoms with van der Waals surface area (Å²) in [7, 11) is 0. The first kappa shape index (κ1) is 9.68. The second-order valence-electron chi connectivity index (χ2n) is 3.55. The molecule has 0 aromatic rings. The van der Waals surface area contributed by atoms with E-state index in [-0.39, 0.29) is 6.10 Å². The molecule has 1 unspecified atom stereocenters. The molecule has 0 bridgehead atoms. The van der Waals surface area contributed by atoms with E-state index >= 15 is 0 Å². The molecule has 1 heterocycles. The van der Waals surface area contributed by atoms with Crippen LogP contribution in [0, 0.1) is 5.92 Å². The Morgan fingerprint density at radius 2 is 2.17 bits per heavy atom. The van der Waals surface area contributed by atoms with Crippen LogP contribution < -0.4 is 0 Å². The van der Waals surface area contributed by atoms with Gasteiger partial charge in [0.25, 0.3) is 0 Å². The van der Waals surface area contributed by atoms with Crippen molar-refractivity contribution in [2.75, 3.05) is 19.6 Å². The number of carbonyl (C=O) groups excluding carboxylic acids is 1. The van der Waals surface area contributed by atoms with Crippen LogP contribution in [0.4, 0.5) is 0 Å². The summed E-state index contributed by atoms with van der Waals surface area (Å²) in [5.41, 5.74) is 0. The minimum absolute atomic E-state index is 0.191. The largest absolute Gasteiger partial charge is 0.393 e. The lowest BCUT2D eigenvalue weighted by Gasteiger charge is -2.31. The molecule has 0 radical (unpaired) electrons. The van der Waals surface area contributed by atoms with Crippen LogP contribution in [0.5, 0.6) is 0 Å². The van der Waals surface area contributed by atoms with Gasteiger partial charge in [-0.25, -0.2) is 0 Å². The maximum atomic E-state index is 10.2. The molecule has 1 fully saturated rings. The lowest BCUT2D eigenvalue weighted by atomic mass is 9.92. The van der Waals surface area contributed by atoms with E-state index in [1.54, 1.807) is 0 Å². The van der Waals surface area contributed by atoms with Crippen molar-refractivity contribution in [3.05, 3.63) is 0 Å². The van der Waals surface area contributed by atoms with Crippen molar-refractivity contribution < 1.29 is 9.90 Å². The van der Waals surface area contributed by atoms with Crippen LogP contribution in [0.25, 0.3) is 0 Å². The molecule has 3 nitrogen and oxygen atoms in total. The average Bonchev–Trinajstić information content (AvgIpc) is 2.06. The third-order valence-electron chi connectivity index (χ3n) is 2.65. The van der Waals surface area contributed by atoms with Gasteiger partial charge < -0.3 is 9.90 Å². The van der Waals surface area contributed by atoms with Gasteiger partial charge in [0, 0.05) is 0 Å². The highest BCUT2D eigenvalue weighted by atomic mass is 16.3. The molecular formula is C9H17NO2. The van der Waals surface area contributed by atoms with Crippen LogP contribution in [0.15, 0.2) is 0 Å². The van der Waals surface area contributed by atoms with Crippen molar-refractivity contribution in [2.24, 2.45) is 5.92 Å². The van der Waals surface area contributed by atoms with Crippen LogP contribution in [0.3, 0.4) is 0 Å². The molecule has 1 aliphatic heterocycles. The second-order valence-corrected chi connectivity index (χ2v) is 3.55. The minimum Gasteiger partial charge on any atom is -0.393 e. The molecular weight excluding hydrogens is 154 g/mol. The number of aliphatic hydroxyl groups excluding tert-OH is 1. The van der Waals surface area contributed by atoms with E-state index in [9.17, 15) is 9.90 Å². The SMILES string of the molecule is CC(O)C1CCN(CC=O)CC1. The Balaban J connectivity index is 2.24. The fourth-order valence-electron chi connectivity index (χ4n) is 1.72. The monoisotopic (exact) mass is 171 g/mol. The zero-order valence-corrected chi connectivity index (χ0v) is 7.57. The van der Waals surface area contributed by atoms with E-state index in [1.165, 1.54) is 0 Å². The van der Waals surface area contributed by atoms with Crippen LogP contribution in [-0.2, 0) is 4.79 Å². The Morgan fingerprint density at radius 1 is 1.58 bits per heavy atom. The number of hydrogen-bond donors (Lipinski definition) is 1. The molecule has 1 saturated heterocycles. The van der Waals surface area contributed by atoms with Gasteiger partial charge in [0.2, 0.25) is 0 Å². The summed E-state index contributed by atoms with van der Waals surface area (Å²) in [6.45, 7) is 4.30. The van der Waals surface area contributed by atoms with Gasteiger partial charge in [-0.05, 0) is 38.8 Å². The number of aliphatic hydroxyl groups is 1. The van der Waals surface area contributed by atoms with E-state index in [1.807, 2.05) is 6.92 Å². The van der Waals surface area contributed by atoms with Gasteiger partial charge in [0.1, 0.15) is 6.29 Å². The number of rotatable bonds is 3. The standard InChI is InChI=1S/C9H17NO2/c1-8(12)9-2-4-10(5-3-9)6-7-11/h7-9,12H,2-6H2,1H3.